The summed E-state index contributed by atoms with van der Waals surface area (Å²) in [5.41, 5.74) is 13.0. The summed E-state index contributed by atoms with van der Waals surface area (Å²) in [6.45, 7) is 0.126. The third-order valence-electron chi connectivity index (χ3n) is 7.85. The van der Waals surface area contributed by atoms with E-state index in [9.17, 15) is 0 Å². The van der Waals surface area contributed by atoms with E-state index in [0.717, 1.165) is 0 Å². The van der Waals surface area contributed by atoms with Crippen molar-refractivity contribution in [3.05, 3.63) is 133 Å². The molecule has 0 amide bonds. The second-order valence-electron chi connectivity index (χ2n) is 9.76. The molecule has 0 spiro atoms. The Balaban J connectivity index is 1.41. The lowest BCUT2D eigenvalue weighted by molar-refractivity contribution is 1.35. The molecule has 1 nitrogen and oxygen atoms in total. The maximum Gasteiger partial charge on any atom is 0.329 e. The molecule has 6 aromatic rings. The van der Waals surface area contributed by atoms with E-state index >= 15 is 0 Å². The van der Waals surface area contributed by atoms with E-state index in [2.05, 4.69) is 138 Å². The fourth-order valence-electron chi connectivity index (χ4n) is 6.24. The van der Waals surface area contributed by atoms with Crippen LogP contribution in [0, 0.1) is 0 Å². The quantitative estimate of drug-likeness (QED) is 0.233. The van der Waals surface area contributed by atoms with Gasteiger partial charge in [-0.25, -0.2) is 0 Å². The summed E-state index contributed by atoms with van der Waals surface area (Å²) in [6, 6.07) is 49.1. The third kappa shape index (κ3) is 2.73. The molecule has 8 rings (SSSR count). The van der Waals surface area contributed by atoms with Crippen LogP contribution in [0.2, 0.25) is 0 Å². The molecule has 0 aromatic heterocycles. The minimum Gasteiger partial charge on any atom is -0.376 e. The molecule has 0 atom stereocenters. The molecule has 0 aliphatic carbocycles. The summed E-state index contributed by atoms with van der Waals surface area (Å²) >= 11 is 0. The number of para-hydroxylation sites is 2. The van der Waals surface area contributed by atoms with Crippen LogP contribution in [-0.2, 0) is 0 Å². The van der Waals surface area contributed by atoms with Crippen LogP contribution in [0.4, 0.5) is 11.4 Å². The summed E-state index contributed by atoms with van der Waals surface area (Å²) in [5.74, 6) is 0. The summed E-state index contributed by atoms with van der Waals surface area (Å²) in [7, 11) is 0. The smallest absolute Gasteiger partial charge is 0.329 e. The van der Waals surface area contributed by atoms with E-state index in [-0.39, 0.29) is 6.85 Å². The molecule has 0 bridgehead atoms. The summed E-state index contributed by atoms with van der Waals surface area (Å²) in [5, 5.41) is 2.55. The van der Waals surface area contributed by atoms with E-state index < -0.39 is 0 Å². The third-order valence-corrected chi connectivity index (χ3v) is 7.85. The number of anilines is 2. The van der Waals surface area contributed by atoms with Crippen LogP contribution < -0.4 is 15.7 Å². The largest absolute Gasteiger partial charge is 0.376 e. The zero-order valence-electron chi connectivity index (χ0n) is 19.7. The van der Waals surface area contributed by atoms with Crippen molar-refractivity contribution >= 4 is 39.9 Å². The van der Waals surface area contributed by atoms with Crippen molar-refractivity contribution in [1.82, 2.24) is 0 Å². The van der Waals surface area contributed by atoms with E-state index in [1.807, 2.05) is 0 Å². The fraction of sp³-hybridized carbons (Fsp3) is 0. The molecule has 2 heterocycles. The highest BCUT2D eigenvalue weighted by molar-refractivity contribution is 6.92. The Labute approximate surface area is 211 Å². The van der Waals surface area contributed by atoms with Crippen molar-refractivity contribution in [1.29, 1.82) is 0 Å². The molecule has 36 heavy (non-hydrogen) atoms. The number of fused-ring (bicyclic) bond motifs is 12. The van der Waals surface area contributed by atoms with E-state index in [4.69, 9.17) is 0 Å². The first-order chi connectivity index (χ1) is 17.9. The topological polar surface area (TPSA) is 3.24 Å². The van der Waals surface area contributed by atoms with Crippen LogP contribution in [0.3, 0.4) is 0 Å². The summed E-state index contributed by atoms with van der Waals surface area (Å²) in [6.07, 6.45) is 0. The molecule has 166 valence electrons. The molecule has 2 aliphatic rings. The highest BCUT2D eigenvalue weighted by Gasteiger charge is 2.41. The molecule has 0 radical (unpaired) electrons. The van der Waals surface area contributed by atoms with Crippen molar-refractivity contribution in [3.63, 3.8) is 0 Å². The number of hydrogen-bond acceptors (Lipinski definition) is 1. The maximum atomic E-state index is 2.56. The molecule has 0 saturated heterocycles. The lowest BCUT2D eigenvalue weighted by Crippen LogP contribution is -2.59. The van der Waals surface area contributed by atoms with Crippen LogP contribution in [0.5, 0.6) is 0 Å². The van der Waals surface area contributed by atoms with E-state index in [1.165, 1.54) is 66.5 Å². The van der Waals surface area contributed by atoms with Crippen LogP contribution in [0.25, 0.3) is 44.2 Å². The lowest BCUT2D eigenvalue weighted by atomic mass is 9.43. The molecule has 0 N–H and O–H groups in total. The molecular weight excluding hydrogens is 433 g/mol. The monoisotopic (exact) mass is 455 g/mol. The van der Waals surface area contributed by atoms with Gasteiger partial charge in [-0.3, -0.25) is 0 Å². The van der Waals surface area contributed by atoms with Crippen LogP contribution in [0.1, 0.15) is 0 Å². The Morgan fingerprint density at radius 2 is 0.944 bits per heavy atom. The molecule has 0 saturated carbocycles. The van der Waals surface area contributed by atoms with Gasteiger partial charge in [0.25, 0.3) is 0 Å². The highest BCUT2D eigenvalue weighted by atomic mass is 15.1. The van der Waals surface area contributed by atoms with Gasteiger partial charge in [0, 0.05) is 22.5 Å². The van der Waals surface area contributed by atoms with Gasteiger partial charge in [-0.2, -0.15) is 0 Å². The van der Waals surface area contributed by atoms with Gasteiger partial charge >= 0.3 is 6.85 Å². The molecular formula is C34H22BN. The van der Waals surface area contributed by atoms with Crippen molar-refractivity contribution in [2.24, 2.45) is 0 Å². The molecule has 2 heteroatoms. The van der Waals surface area contributed by atoms with Gasteiger partial charge in [-0.1, -0.05) is 115 Å². The highest BCUT2D eigenvalue weighted by Crippen LogP contribution is 2.45. The molecule has 2 aliphatic heterocycles. The Kier molecular flexibility index (Phi) is 4.09. The maximum absolute atomic E-state index is 2.56. The second kappa shape index (κ2) is 7.47. The van der Waals surface area contributed by atoms with Crippen LogP contribution in [0.15, 0.2) is 133 Å². The van der Waals surface area contributed by atoms with Gasteiger partial charge in [0.1, 0.15) is 0 Å². The number of nitrogens with zero attached hydrogens (tertiary/aromatic N) is 1. The molecule has 0 unspecified atom stereocenters. The van der Waals surface area contributed by atoms with Crippen LogP contribution >= 0.6 is 0 Å². The fourth-order valence-corrected chi connectivity index (χ4v) is 6.24. The van der Waals surface area contributed by atoms with Crippen molar-refractivity contribution < 1.29 is 0 Å². The average Bonchev–Trinajstić information content (AvgIpc) is 2.96. The normalized spacial score (nSPS) is 12.9. The van der Waals surface area contributed by atoms with Gasteiger partial charge in [-0.05, 0) is 62.2 Å². The van der Waals surface area contributed by atoms with Gasteiger partial charge < -0.3 is 4.81 Å². The summed E-state index contributed by atoms with van der Waals surface area (Å²) in [4.78, 5) is 2.56. The lowest BCUT2D eigenvalue weighted by Gasteiger charge is -2.43. The average molecular weight is 455 g/mol. The van der Waals surface area contributed by atoms with Gasteiger partial charge in [0.05, 0.1) is 0 Å². The first-order valence-corrected chi connectivity index (χ1v) is 12.6. The Morgan fingerprint density at radius 1 is 0.389 bits per heavy atom. The zero-order chi connectivity index (χ0) is 23.6. The van der Waals surface area contributed by atoms with Crippen molar-refractivity contribution in [2.45, 2.75) is 0 Å². The van der Waals surface area contributed by atoms with Crippen molar-refractivity contribution in [2.75, 3.05) is 4.81 Å². The minimum absolute atomic E-state index is 0.126. The Morgan fingerprint density at radius 3 is 1.72 bits per heavy atom. The standard InChI is InChI=1S/C34H22BN/c1-2-10-24-21-25(18-17-23(24)9-1)26-19-20-28-30-13-5-8-16-34(30)36-33-15-7-4-12-29(33)27-11-3-6-14-31(27)35(36)32(28)22-26/h1-22H. The predicted octanol–water partition coefficient (Wildman–Crippen LogP) is 7.41. The van der Waals surface area contributed by atoms with Gasteiger partial charge in [-0.15, -0.1) is 0 Å². The molecule has 0 fully saturated rings. The number of benzene rings is 6. The van der Waals surface area contributed by atoms with Crippen molar-refractivity contribution in [3.8, 4) is 33.4 Å². The first kappa shape index (κ1) is 19.7. The number of rotatable bonds is 1. The number of hydrogen-bond donors (Lipinski definition) is 0. The Bertz CT molecular complexity index is 1820. The second-order valence-corrected chi connectivity index (χ2v) is 9.76. The van der Waals surface area contributed by atoms with E-state index in [0.29, 0.717) is 0 Å². The predicted molar refractivity (Wildman–Crippen MR) is 154 cm³/mol. The minimum atomic E-state index is 0.126. The summed E-state index contributed by atoms with van der Waals surface area (Å²) < 4.78 is 0. The van der Waals surface area contributed by atoms with Crippen LogP contribution in [-0.4, -0.2) is 6.85 Å². The van der Waals surface area contributed by atoms with Gasteiger partial charge in [0.15, 0.2) is 0 Å². The first-order valence-electron chi connectivity index (χ1n) is 12.6. The zero-order valence-corrected chi connectivity index (χ0v) is 19.7. The Hall–Kier alpha value is -4.56. The molecule has 6 aromatic carbocycles. The van der Waals surface area contributed by atoms with E-state index in [1.54, 1.807) is 0 Å². The SMILES string of the molecule is c1ccc2c(c1)B1c3cc(-c4ccc5ccccc5c4)ccc3-c3ccccc3N1c1ccccc1-2. The van der Waals surface area contributed by atoms with Gasteiger partial charge in [0.2, 0.25) is 0 Å².